The van der Waals surface area contributed by atoms with Crippen LogP contribution >= 0.6 is 0 Å². The van der Waals surface area contributed by atoms with E-state index in [1.165, 1.54) is 18.2 Å². The molecule has 2 rings (SSSR count). The van der Waals surface area contributed by atoms with Crippen molar-refractivity contribution in [3.8, 4) is 0 Å². The molecule has 0 aliphatic rings. The molecule has 104 valence electrons. The largest absolute Gasteiger partial charge is 0.398 e. The standard InChI is InChI=1S/C16H17FN2O/c1-3-11-4-6-13(9-15(11)18)19-16(20)14-7-5-12(17)8-10(14)2/h4-9H,3,18H2,1-2H3,(H,19,20). The lowest BCUT2D eigenvalue weighted by Gasteiger charge is -2.10. The quantitative estimate of drug-likeness (QED) is 0.840. The lowest BCUT2D eigenvalue weighted by atomic mass is 10.1. The van der Waals surface area contributed by atoms with Crippen LogP contribution in [0, 0.1) is 12.7 Å². The van der Waals surface area contributed by atoms with E-state index < -0.39 is 0 Å². The number of aryl methyl sites for hydroxylation is 2. The number of rotatable bonds is 3. The summed E-state index contributed by atoms with van der Waals surface area (Å²) in [5, 5.41) is 2.77. The topological polar surface area (TPSA) is 55.1 Å². The maximum atomic E-state index is 13.0. The van der Waals surface area contributed by atoms with Gasteiger partial charge in [0.15, 0.2) is 0 Å². The van der Waals surface area contributed by atoms with Gasteiger partial charge in [0.25, 0.3) is 5.91 Å². The van der Waals surface area contributed by atoms with Crippen LogP contribution in [0.4, 0.5) is 15.8 Å². The van der Waals surface area contributed by atoms with Crippen LogP contribution in [-0.2, 0) is 6.42 Å². The molecule has 0 unspecified atom stereocenters. The van der Waals surface area contributed by atoms with Crippen molar-refractivity contribution in [2.24, 2.45) is 0 Å². The van der Waals surface area contributed by atoms with Gasteiger partial charge >= 0.3 is 0 Å². The normalized spacial score (nSPS) is 10.3. The Labute approximate surface area is 117 Å². The van der Waals surface area contributed by atoms with Crippen LogP contribution in [0.2, 0.25) is 0 Å². The molecule has 0 atom stereocenters. The molecule has 2 aromatic carbocycles. The SMILES string of the molecule is CCc1ccc(NC(=O)c2ccc(F)cc2C)cc1N. The van der Waals surface area contributed by atoms with E-state index in [0.717, 1.165) is 12.0 Å². The predicted molar refractivity (Wildman–Crippen MR) is 79.3 cm³/mol. The molecule has 4 heteroatoms. The molecule has 0 radical (unpaired) electrons. The van der Waals surface area contributed by atoms with Gasteiger partial charge in [-0.05, 0) is 54.8 Å². The van der Waals surface area contributed by atoms with Gasteiger partial charge in [-0.3, -0.25) is 4.79 Å². The van der Waals surface area contributed by atoms with Gasteiger partial charge in [0.1, 0.15) is 5.82 Å². The summed E-state index contributed by atoms with van der Waals surface area (Å²) in [6.45, 7) is 3.72. The summed E-state index contributed by atoms with van der Waals surface area (Å²) >= 11 is 0. The molecular formula is C16H17FN2O. The fourth-order valence-corrected chi connectivity index (χ4v) is 2.07. The van der Waals surface area contributed by atoms with Crippen molar-refractivity contribution in [2.75, 3.05) is 11.1 Å². The first kappa shape index (κ1) is 14.1. The molecule has 3 nitrogen and oxygen atoms in total. The zero-order chi connectivity index (χ0) is 14.7. The van der Waals surface area contributed by atoms with E-state index in [2.05, 4.69) is 5.32 Å². The van der Waals surface area contributed by atoms with Crippen molar-refractivity contribution in [3.05, 3.63) is 58.9 Å². The van der Waals surface area contributed by atoms with Gasteiger partial charge in [-0.2, -0.15) is 0 Å². The molecule has 0 aliphatic carbocycles. The molecule has 0 aromatic heterocycles. The Morgan fingerprint density at radius 1 is 1.25 bits per heavy atom. The minimum Gasteiger partial charge on any atom is -0.398 e. The summed E-state index contributed by atoms with van der Waals surface area (Å²) < 4.78 is 13.0. The Hall–Kier alpha value is -2.36. The first-order valence-electron chi connectivity index (χ1n) is 6.47. The molecule has 0 heterocycles. The van der Waals surface area contributed by atoms with Crippen molar-refractivity contribution in [1.82, 2.24) is 0 Å². The molecule has 0 spiro atoms. The van der Waals surface area contributed by atoms with Crippen LogP contribution in [0.5, 0.6) is 0 Å². The highest BCUT2D eigenvalue weighted by molar-refractivity contribution is 6.05. The Bertz CT molecular complexity index is 653. The van der Waals surface area contributed by atoms with Crippen LogP contribution in [0.15, 0.2) is 36.4 Å². The first-order chi connectivity index (χ1) is 9.51. The van der Waals surface area contributed by atoms with E-state index in [-0.39, 0.29) is 11.7 Å². The number of amides is 1. The monoisotopic (exact) mass is 272 g/mol. The average molecular weight is 272 g/mol. The molecule has 1 amide bonds. The summed E-state index contributed by atoms with van der Waals surface area (Å²) in [6.07, 6.45) is 0.844. The lowest BCUT2D eigenvalue weighted by molar-refractivity contribution is 0.102. The molecule has 0 aliphatic heterocycles. The fourth-order valence-electron chi connectivity index (χ4n) is 2.07. The third kappa shape index (κ3) is 2.96. The van der Waals surface area contributed by atoms with Gasteiger partial charge in [0.2, 0.25) is 0 Å². The third-order valence-corrected chi connectivity index (χ3v) is 3.22. The van der Waals surface area contributed by atoms with E-state index in [1.54, 1.807) is 13.0 Å². The maximum absolute atomic E-state index is 13.0. The van der Waals surface area contributed by atoms with Crippen molar-refractivity contribution < 1.29 is 9.18 Å². The highest BCUT2D eigenvalue weighted by Gasteiger charge is 2.10. The number of hydrogen-bond acceptors (Lipinski definition) is 2. The number of halogens is 1. The average Bonchev–Trinajstić information content (AvgIpc) is 2.38. The number of anilines is 2. The van der Waals surface area contributed by atoms with E-state index in [9.17, 15) is 9.18 Å². The summed E-state index contributed by atoms with van der Waals surface area (Å²) in [7, 11) is 0. The lowest BCUT2D eigenvalue weighted by Crippen LogP contribution is -2.13. The number of carbonyl (C=O) groups is 1. The van der Waals surface area contributed by atoms with Gasteiger partial charge in [0, 0.05) is 16.9 Å². The highest BCUT2D eigenvalue weighted by Crippen LogP contribution is 2.20. The minimum atomic E-state index is -0.351. The van der Waals surface area contributed by atoms with Crippen molar-refractivity contribution in [1.29, 1.82) is 0 Å². The van der Waals surface area contributed by atoms with Crippen molar-refractivity contribution in [2.45, 2.75) is 20.3 Å². The van der Waals surface area contributed by atoms with E-state index in [1.807, 2.05) is 19.1 Å². The summed E-state index contributed by atoms with van der Waals surface area (Å²) in [5.41, 5.74) is 9.27. The Balaban J connectivity index is 2.21. The van der Waals surface area contributed by atoms with Gasteiger partial charge < -0.3 is 11.1 Å². The fraction of sp³-hybridized carbons (Fsp3) is 0.188. The predicted octanol–water partition coefficient (Wildman–Crippen LogP) is 3.53. The van der Waals surface area contributed by atoms with Gasteiger partial charge in [-0.1, -0.05) is 13.0 Å². The van der Waals surface area contributed by atoms with E-state index in [4.69, 9.17) is 5.73 Å². The third-order valence-electron chi connectivity index (χ3n) is 3.22. The Morgan fingerprint density at radius 2 is 2.00 bits per heavy atom. The summed E-state index contributed by atoms with van der Waals surface area (Å²) in [5.74, 6) is -0.623. The molecule has 2 aromatic rings. The van der Waals surface area contributed by atoms with Crippen LogP contribution in [0.25, 0.3) is 0 Å². The molecule has 0 fully saturated rings. The van der Waals surface area contributed by atoms with Gasteiger partial charge in [-0.25, -0.2) is 4.39 Å². The number of nitrogen functional groups attached to an aromatic ring is 1. The molecular weight excluding hydrogens is 255 g/mol. The first-order valence-corrected chi connectivity index (χ1v) is 6.47. The van der Waals surface area contributed by atoms with Gasteiger partial charge in [0.05, 0.1) is 0 Å². The number of hydrogen-bond donors (Lipinski definition) is 2. The second-order valence-corrected chi connectivity index (χ2v) is 4.68. The second kappa shape index (κ2) is 5.74. The zero-order valence-electron chi connectivity index (χ0n) is 11.5. The van der Waals surface area contributed by atoms with Crippen LogP contribution in [0.1, 0.15) is 28.4 Å². The van der Waals surface area contributed by atoms with Crippen LogP contribution in [0.3, 0.4) is 0 Å². The second-order valence-electron chi connectivity index (χ2n) is 4.68. The van der Waals surface area contributed by atoms with E-state index in [0.29, 0.717) is 22.5 Å². The molecule has 0 saturated carbocycles. The number of benzene rings is 2. The summed E-state index contributed by atoms with van der Waals surface area (Å²) in [4.78, 5) is 12.1. The van der Waals surface area contributed by atoms with Gasteiger partial charge in [-0.15, -0.1) is 0 Å². The summed E-state index contributed by atoms with van der Waals surface area (Å²) in [6, 6.07) is 9.52. The van der Waals surface area contributed by atoms with E-state index >= 15 is 0 Å². The number of nitrogens with two attached hydrogens (primary N) is 1. The molecule has 20 heavy (non-hydrogen) atoms. The minimum absolute atomic E-state index is 0.272. The van der Waals surface area contributed by atoms with Crippen LogP contribution < -0.4 is 11.1 Å². The number of nitrogens with one attached hydrogen (secondary N) is 1. The number of carbonyl (C=O) groups excluding carboxylic acids is 1. The Kier molecular flexibility index (Phi) is 4.03. The van der Waals surface area contributed by atoms with Crippen molar-refractivity contribution >= 4 is 17.3 Å². The zero-order valence-corrected chi connectivity index (χ0v) is 11.5. The Morgan fingerprint density at radius 3 is 2.60 bits per heavy atom. The maximum Gasteiger partial charge on any atom is 0.255 e. The highest BCUT2D eigenvalue weighted by atomic mass is 19.1. The molecule has 0 bridgehead atoms. The van der Waals surface area contributed by atoms with Crippen molar-refractivity contribution in [3.63, 3.8) is 0 Å². The molecule has 0 saturated heterocycles. The van der Waals surface area contributed by atoms with Crippen LogP contribution in [-0.4, -0.2) is 5.91 Å². The molecule has 3 N–H and O–H groups in total. The smallest absolute Gasteiger partial charge is 0.255 e.